The second kappa shape index (κ2) is 7.32. The lowest BCUT2D eigenvalue weighted by molar-refractivity contribution is -0.120. The monoisotopic (exact) mass is 345 g/mol. The van der Waals surface area contributed by atoms with Crippen molar-refractivity contribution in [2.24, 2.45) is 0 Å². The summed E-state index contributed by atoms with van der Waals surface area (Å²) < 4.78 is 0. The summed E-state index contributed by atoms with van der Waals surface area (Å²) in [5.41, 5.74) is -0.468. The van der Waals surface area contributed by atoms with Gasteiger partial charge in [-0.2, -0.15) is 0 Å². The van der Waals surface area contributed by atoms with E-state index in [-0.39, 0.29) is 12.3 Å². The summed E-state index contributed by atoms with van der Waals surface area (Å²) in [6.45, 7) is 3.72. The Morgan fingerprint density at radius 2 is 2.00 bits per heavy atom. The topological polar surface area (TPSA) is 65.5 Å². The second-order valence-electron chi connectivity index (χ2n) is 6.43. The molecule has 1 unspecified atom stereocenters. The third kappa shape index (κ3) is 4.13. The highest BCUT2D eigenvalue weighted by Gasteiger charge is 2.27. The average molecular weight is 345 g/mol. The molecule has 2 heterocycles. The first-order chi connectivity index (χ1) is 11.5. The van der Waals surface area contributed by atoms with E-state index in [0.717, 1.165) is 23.8 Å². The van der Waals surface area contributed by atoms with Gasteiger partial charge >= 0.3 is 0 Å². The number of rotatable bonds is 5. The molecule has 6 heteroatoms. The average Bonchev–Trinajstić information content (AvgIpc) is 3.04. The molecule has 2 aromatic rings. The number of hydrogen-bond acceptors (Lipinski definition) is 5. The van der Waals surface area contributed by atoms with Crippen LogP contribution in [0, 0.1) is 0 Å². The number of nitrogens with one attached hydrogen (secondary N) is 1. The van der Waals surface area contributed by atoms with Crippen molar-refractivity contribution in [3.63, 3.8) is 0 Å². The summed E-state index contributed by atoms with van der Waals surface area (Å²) in [4.78, 5) is 19.0. The SMILES string of the molecule is CC(O)(CC(=O)Nc1csc(N2CCCCC2)n1)c1ccccc1. The number of thiazole rings is 1. The fourth-order valence-electron chi connectivity index (χ4n) is 2.95. The molecular weight excluding hydrogens is 322 g/mol. The number of aliphatic hydroxyl groups is 1. The summed E-state index contributed by atoms with van der Waals surface area (Å²) in [6, 6.07) is 9.24. The van der Waals surface area contributed by atoms with Crippen LogP contribution in [0.1, 0.15) is 38.2 Å². The molecule has 1 amide bonds. The van der Waals surface area contributed by atoms with Crippen LogP contribution in [-0.4, -0.2) is 29.1 Å². The van der Waals surface area contributed by atoms with Crippen LogP contribution in [0.25, 0.3) is 0 Å². The minimum absolute atomic E-state index is 0.00636. The van der Waals surface area contributed by atoms with Crippen LogP contribution in [0.5, 0.6) is 0 Å². The number of carbonyl (C=O) groups is 1. The van der Waals surface area contributed by atoms with Crippen molar-refractivity contribution < 1.29 is 9.90 Å². The Kier molecular flexibility index (Phi) is 5.16. The minimum atomic E-state index is -1.20. The first-order valence-electron chi connectivity index (χ1n) is 8.33. The first-order valence-corrected chi connectivity index (χ1v) is 9.21. The summed E-state index contributed by atoms with van der Waals surface area (Å²) in [5.74, 6) is 0.328. The predicted octanol–water partition coefficient (Wildman–Crippen LogP) is 3.37. The highest BCUT2D eigenvalue weighted by Crippen LogP contribution is 2.28. The number of aromatic nitrogens is 1. The molecule has 3 rings (SSSR count). The van der Waals surface area contributed by atoms with Gasteiger partial charge in [-0.25, -0.2) is 4.98 Å². The largest absolute Gasteiger partial charge is 0.385 e. The molecule has 1 aliphatic heterocycles. The molecule has 1 aromatic carbocycles. The van der Waals surface area contributed by atoms with Crippen molar-refractivity contribution in [1.29, 1.82) is 0 Å². The third-order valence-electron chi connectivity index (χ3n) is 4.29. The molecule has 0 saturated carbocycles. The van der Waals surface area contributed by atoms with Crippen LogP contribution in [0.2, 0.25) is 0 Å². The van der Waals surface area contributed by atoms with Gasteiger partial charge in [-0.15, -0.1) is 11.3 Å². The second-order valence-corrected chi connectivity index (χ2v) is 7.26. The Morgan fingerprint density at radius 1 is 1.29 bits per heavy atom. The van der Waals surface area contributed by atoms with Crippen LogP contribution in [0.4, 0.5) is 10.9 Å². The van der Waals surface area contributed by atoms with Gasteiger partial charge in [0.25, 0.3) is 0 Å². The Labute approximate surface area is 146 Å². The maximum atomic E-state index is 12.3. The maximum absolute atomic E-state index is 12.3. The van der Waals surface area contributed by atoms with E-state index in [1.165, 1.54) is 19.3 Å². The summed E-state index contributed by atoms with van der Waals surface area (Å²) in [7, 11) is 0. The molecular formula is C18H23N3O2S. The standard InChI is InChI=1S/C18H23N3O2S/c1-18(23,14-8-4-2-5-9-14)12-16(22)19-15-13-24-17(20-15)21-10-6-3-7-11-21/h2,4-5,8-9,13,23H,3,6-7,10-12H2,1H3,(H,19,22). The fourth-order valence-corrected chi connectivity index (χ4v) is 3.76. The van der Waals surface area contributed by atoms with Crippen LogP contribution in [0.3, 0.4) is 0 Å². The maximum Gasteiger partial charge on any atom is 0.228 e. The van der Waals surface area contributed by atoms with Crippen molar-refractivity contribution >= 4 is 28.2 Å². The lowest BCUT2D eigenvalue weighted by Gasteiger charge is -2.25. The van der Waals surface area contributed by atoms with Gasteiger partial charge in [0.1, 0.15) is 5.82 Å². The minimum Gasteiger partial charge on any atom is -0.385 e. The molecule has 1 aliphatic rings. The molecule has 0 radical (unpaired) electrons. The number of piperidine rings is 1. The molecule has 1 fully saturated rings. The van der Waals surface area contributed by atoms with Gasteiger partial charge in [-0.1, -0.05) is 30.3 Å². The Bertz CT molecular complexity index is 679. The van der Waals surface area contributed by atoms with Gasteiger partial charge in [0.2, 0.25) is 5.91 Å². The van der Waals surface area contributed by atoms with E-state index in [4.69, 9.17) is 0 Å². The van der Waals surface area contributed by atoms with Crippen molar-refractivity contribution in [2.75, 3.05) is 23.3 Å². The smallest absolute Gasteiger partial charge is 0.228 e. The molecule has 1 atom stereocenters. The molecule has 24 heavy (non-hydrogen) atoms. The number of carbonyl (C=O) groups excluding carboxylic acids is 1. The van der Waals surface area contributed by atoms with Crippen molar-refractivity contribution in [1.82, 2.24) is 4.98 Å². The lowest BCUT2D eigenvalue weighted by Crippen LogP contribution is -2.29. The number of hydrogen-bond donors (Lipinski definition) is 2. The molecule has 0 aliphatic carbocycles. The molecule has 5 nitrogen and oxygen atoms in total. The first kappa shape index (κ1) is 16.9. The van der Waals surface area contributed by atoms with Gasteiger partial charge in [0.05, 0.1) is 12.0 Å². The van der Waals surface area contributed by atoms with Crippen LogP contribution >= 0.6 is 11.3 Å². The number of benzene rings is 1. The zero-order valence-corrected chi connectivity index (χ0v) is 14.7. The van der Waals surface area contributed by atoms with Crippen molar-refractivity contribution in [3.05, 3.63) is 41.3 Å². The highest BCUT2D eigenvalue weighted by atomic mass is 32.1. The van der Waals surface area contributed by atoms with Gasteiger partial charge in [-0.3, -0.25) is 4.79 Å². The van der Waals surface area contributed by atoms with Gasteiger partial charge < -0.3 is 15.3 Å². The fraction of sp³-hybridized carbons (Fsp3) is 0.444. The zero-order chi connectivity index (χ0) is 17.0. The Morgan fingerprint density at radius 3 is 2.71 bits per heavy atom. The van der Waals surface area contributed by atoms with E-state index in [0.29, 0.717) is 5.82 Å². The van der Waals surface area contributed by atoms with E-state index in [1.54, 1.807) is 18.3 Å². The molecule has 1 saturated heterocycles. The Balaban J connectivity index is 1.60. The number of nitrogens with zero attached hydrogens (tertiary/aromatic N) is 2. The van der Waals surface area contributed by atoms with E-state index < -0.39 is 5.60 Å². The normalized spacial score (nSPS) is 17.3. The van der Waals surface area contributed by atoms with E-state index >= 15 is 0 Å². The zero-order valence-electron chi connectivity index (χ0n) is 13.9. The predicted molar refractivity (Wildman–Crippen MR) is 97.4 cm³/mol. The molecule has 1 aromatic heterocycles. The molecule has 2 N–H and O–H groups in total. The molecule has 0 bridgehead atoms. The van der Waals surface area contributed by atoms with Crippen molar-refractivity contribution in [3.8, 4) is 0 Å². The number of anilines is 2. The van der Waals surface area contributed by atoms with E-state index in [9.17, 15) is 9.90 Å². The van der Waals surface area contributed by atoms with Gasteiger partial charge in [0.15, 0.2) is 5.13 Å². The van der Waals surface area contributed by atoms with Crippen LogP contribution in [0.15, 0.2) is 35.7 Å². The van der Waals surface area contributed by atoms with Crippen LogP contribution < -0.4 is 10.2 Å². The summed E-state index contributed by atoms with van der Waals surface area (Å²) >= 11 is 1.55. The molecule has 128 valence electrons. The highest BCUT2D eigenvalue weighted by molar-refractivity contribution is 7.14. The van der Waals surface area contributed by atoms with E-state index in [2.05, 4.69) is 15.2 Å². The molecule has 0 spiro atoms. The van der Waals surface area contributed by atoms with E-state index in [1.807, 2.05) is 35.7 Å². The number of amides is 1. The quantitative estimate of drug-likeness (QED) is 0.872. The lowest BCUT2D eigenvalue weighted by atomic mass is 9.92. The summed E-state index contributed by atoms with van der Waals surface area (Å²) in [5, 5.41) is 16.2. The van der Waals surface area contributed by atoms with Gasteiger partial charge in [0, 0.05) is 18.5 Å². The van der Waals surface area contributed by atoms with Crippen molar-refractivity contribution in [2.45, 2.75) is 38.2 Å². The third-order valence-corrected chi connectivity index (χ3v) is 5.19. The van der Waals surface area contributed by atoms with Crippen LogP contribution in [-0.2, 0) is 10.4 Å². The van der Waals surface area contributed by atoms with Gasteiger partial charge in [-0.05, 0) is 31.7 Å². The summed E-state index contributed by atoms with van der Waals surface area (Å²) in [6.07, 6.45) is 3.66. The Hall–Kier alpha value is -1.92.